The zero-order valence-corrected chi connectivity index (χ0v) is 16.5. The number of rotatable bonds is 6. The van der Waals surface area contributed by atoms with Crippen molar-refractivity contribution in [2.45, 2.75) is 20.0 Å². The van der Waals surface area contributed by atoms with Gasteiger partial charge in [-0.05, 0) is 43.7 Å². The lowest BCUT2D eigenvalue weighted by Crippen LogP contribution is -2.09. The maximum absolute atomic E-state index is 11.6. The number of aryl methyl sites for hydroxylation is 1. The summed E-state index contributed by atoms with van der Waals surface area (Å²) in [6.07, 6.45) is 1.29. The van der Waals surface area contributed by atoms with Crippen LogP contribution >= 0.6 is 0 Å². The summed E-state index contributed by atoms with van der Waals surface area (Å²) in [4.78, 5) is 15.6. The van der Waals surface area contributed by atoms with Gasteiger partial charge >= 0.3 is 5.69 Å². The Balaban J connectivity index is 2.16. The van der Waals surface area contributed by atoms with Crippen LogP contribution in [-0.4, -0.2) is 27.7 Å². The first-order valence-corrected chi connectivity index (χ1v) is 8.92. The van der Waals surface area contributed by atoms with E-state index < -0.39 is 4.92 Å². The quantitative estimate of drug-likeness (QED) is 0.351. The summed E-state index contributed by atoms with van der Waals surface area (Å²) in [5.74, 6) is 0.755. The first-order valence-electron chi connectivity index (χ1n) is 8.92. The molecule has 0 N–H and O–H groups in total. The van der Waals surface area contributed by atoms with E-state index in [1.54, 1.807) is 26.0 Å². The van der Waals surface area contributed by atoms with Crippen LogP contribution in [0.3, 0.4) is 0 Å². The fraction of sp³-hybridized carbons (Fsp3) is 0.238. The van der Waals surface area contributed by atoms with E-state index in [0.717, 1.165) is 11.0 Å². The normalized spacial score (nSPS) is 11.5. The Bertz CT molecular complexity index is 1160. The number of allylic oxidation sites excluding steroid dienone is 1. The summed E-state index contributed by atoms with van der Waals surface area (Å²) < 4.78 is 12.7. The Kier molecular flexibility index (Phi) is 5.50. The lowest BCUT2D eigenvalue weighted by molar-refractivity contribution is -0.386. The fourth-order valence-corrected chi connectivity index (χ4v) is 3.03. The number of nitrogens with zero attached hydrogens (tertiary/aromatic N) is 4. The molecule has 1 heterocycles. The molecule has 0 bridgehead atoms. The van der Waals surface area contributed by atoms with Crippen LogP contribution in [0.4, 0.5) is 5.69 Å². The van der Waals surface area contributed by atoms with Gasteiger partial charge in [-0.25, -0.2) is 4.98 Å². The van der Waals surface area contributed by atoms with Crippen molar-refractivity contribution >= 4 is 28.4 Å². The average molecular weight is 392 g/mol. The van der Waals surface area contributed by atoms with E-state index in [0.29, 0.717) is 11.4 Å². The highest BCUT2D eigenvalue weighted by Gasteiger charge is 2.23. The maximum Gasteiger partial charge on any atom is 0.315 e. The Hall–Kier alpha value is -3.86. The van der Waals surface area contributed by atoms with Gasteiger partial charge in [0, 0.05) is 13.1 Å². The van der Waals surface area contributed by atoms with Gasteiger partial charge in [-0.2, -0.15) is 5.26 Å². The first kappa shape index (κ1) is 19.9. The lowest BCUT2D eigenvalue weighted by Gasteiger charge is -2.14. The van der Waals surface area contributed by atoms with E-state index >= 15 is 0 Å². The van der Waals surface area contributed by atoms with Crippen molar-refractivity contribution in [3.63, 3.8) is 0 Å². The maximum atomic E-state index is 11.6. The molecule has 0 amide bonds. The third kappa shape index (κ3) is 3.89. The molecule has 0 aliphatic heterocycles. The van der Waals surface area contributed by atoms with Gasteiger partial charge in [-0.1, -0.05) is 12.1 Å². The number of nitro benzene ring substituents is 1. The SMILES string of the molecule is COc1cc(/C=C(/C#N)c2nc3ccccc3n2C)cc([N+](=O)[O-])c1OC(C)C. The molecule has 0 saturated carbocycles. The highest BCUT2D eigenvalue weighted by Crippen LogP contribution is 2.39. The second kappa shape index (κ2) is 8.02. The Labute approximate surface area is 167 Å². The second-order valence-electron chi connectivity index (χ2n) is 6.65. The van der Waals surface area contributed by atoms with Gasteiger partial charge in [0.05, 0.1) is 34.7 Å². The van der Waals surface area contributed by atoms with Gasteiger partial charge in [0.25, 0.3) is 0 Å². The standard InChI is InChI=1S/C21H20N4O4/c1-13(2)29-20-18(25(26)27)10-14(11-19(20)28-4)9-15(12-22)21-23-16-7-5-6-8-17(16)24(21)3/h5-11,13H,1-4H3/b15-9-. The van der Waals surface area contributed by atoms with Gasteiger partial charge in [0.1, 0.15) is 6.07 Å². The van der Waals surface area contributed by atoms with Crippen molar-refractivity contribution in [3.8, 4) is 17.6 Å². The number of methoxy groups -OCH3 is 1. The summed E-state index contributed by atoms with van der Waals surface area (Å²) >= 11 is 0. The van der Waals surface area contributed by atoms with Gasteiger partial charge in [-0.3, -0.25) is 10.1 Å². The number of benzene rings is 2. The zero-order chi connectivity index (χ0) is 21.1. The van der Waals surface area contributed by atoms with E-state index in [2.05, 4.69) is 11.1 Å². The summed E-state index contributed by atoms with van der Waals surface area (Å²) in [5, 5.41) is 21.3. The second-order valence-corrected chi connectivity index (χ2v) is 6.65. The minimum Gasteiger partial charge on any atom is -0.493 e. The molecule has 3 rings (SSSR count). The first-order chi connectivity index (χ1) is 13.8. The topological polar surface area (TPSA) is 103 Å². The Morgan fingerprint density at radius 3 is 2.66 bits per heavy atom. The van der Waals surface area contributed by atoms with Crippen LogP contribution in [0.2, 0.25) is 0 Å². The predicted octanol–water partition coefficient (Wildman–Crippen LogP) is 4.34. The van der Waals surface area contributed by atoms with Crippen LogP contribution in [0, 0.1) is 21.4 Å². The lowest BCUT2D eigenvalue weighted by atomic mass is 10.1. The van der Waals surface area contributed by atoms with Crippen molar-refractivity contribution in [2.75, 3.05) is 7.11 Å². The molecular weight excluding hydrogens is 372 g/mol. The van der Waals surface area contributed by atoms with Crippen LogP contribution in [0.25, 0.3) is 22.7 Å². The monoisotopic (exact) mass is 392 g/mol. The molecule has 0 atom stereocenters. The summed E-state index contributed by atoms with van der Waals surface area (Å²) in [6, 6.07) is 12.6. The zero-order valence-electron chi connectivity index (χ0n) is 16.5. The van der Waals surface area contributed by atoms with Gasteiger partial charge in [0.15, 0.2) is 11.6 Å². The number of para-hydroxylation sites is 2. The Morgan fingerprint density at radius 2 is 2.07 bits per heavy atom. The largest absolute Gasteiger partial charge is 0.493 e. The van der Waals surface area contributed by atoms with Crippen LogP contribution < -0.4 is 9.47 Å². The average Bonchev–Trinajstić information content (AvgIpc) is 3.03. The van der Waals surface area contributed by atoms with Crippen LogP contribution in [0.1, 0.15) is 25.2 Å². The molecule has 3 aromatic rings. The number of fused-ring (bicyclic) bond motifs is 1. The van der Waals surface area contributed by atoms with Crippen molar-refractivity contribution in [2.24, 2.45) is 7.05 Å². The third-order valence-electron chi connectivity index (χ3n) is 4.29. The van der Waals surface area contributed by atoms with Crippen molar-refractivity contribution in [1.29, 1.82) is 5.26 Å². The molecule has 0 spiro atoms. The van der Waals surface area contributed by atoms with Crippen molar-refractivity contribution in [3.05, 3.63) is 57.9 Å². The van der Waals surface area contributed by atoms with E-state index in [4.69, 9.17) is 9.47 Å². The van der Waals surface area contributed by atoms with E-state index in [1.807, 2.05) is 35.9 Å². The van der Waals surface area contributed by atoms with Crippen LogP contribution in [0.5, 0.6) is 11.5 Å². The molecule has 2 aromatic carbocycles. The smallest absolute Gasteiger partial charge is 0.315 e. The molecular formula is C21H20N4O4. The number of aromatic nitrogens is 2. The number of nitro groups is 1. The van der Waals surface area contributed by atoms with Crippen LogP contribution in [-0.2, 0) is 7.05 Å². The molecule has 0 fully saturated rings. The van der Waals surface area contributed by atoms with E-state index in [-0.39, 0.29) is 28.9 Å². The molecule has 8 nitrogen and oxygen atoms in total. The number of nitriles is 1. The molecule has 148 valence electrons. The van der Waals surface area contributed by atoms with Gasteiger partial charge in [-0.15, -0.1) is 0 Å². The number of hydrogen-bond donors (Lipinski definition) is 0. The van der Waals surface area contributed by atoms with Crippen molar-refractivity contribution in [1.82, 2.24) is 9.55 Å². The molecule has 0 radical (unpaired) electrons. The Morgan fingerprint density at radius 1 is 1.34 bits per heavy atom. The highest BCUT2D eigenvalue weighted by atomic mass is 16.6. The summed E-state index contributed by atoms with van der Waals surface area (Å²) in [7, 11) is 3.23. The number of hydrogen-bond acceptors (Lipinski definition) is 6. The molecule has 29 heavy (non-hydrogen) atoms. The molecule has 0 unspecified atom stereocenters. The fourth-order valence-electron chi connectivity index (χ4n) is 3.03. The van der Waals surface area contributed by atoms with Gasteiger partial charge < -0.3 is 14.0 Å². The minimum absolute atomic E-state index is 0.0610. The molecule has 0 aliphatic rings. The van der Waals surface area contributed by atoms with Gasteiger partial charge in [0.2, 0.25) is 5.75 Å². The molecule has 8 heteroatoms. The van der Waals surface area contributed by atoms with Crippen LogP contribution in [0.15, 0.2) is 36.4 Å². The number of ether oxygens (including phenoxy) is 2. The molecule has 0 saturated heterocycles. The molecule has 1 aromatic heterocycles. The summed E-state index contributed by atoms with van der Waals surface area (Å²) in [5.41, 5.74) is 2.13. The summed E-state index contributed by atoms with van der Waals surface area (Å²) in [6.45, 7) is 3.55. The number of imidazole rings is 1. The predicted molar refractivity (Wildman–Crippen MR) is 110 cm³/mol. The third-order valence-corrected chi connectivity index (χ3v) is 4.29. The van der Waals surface area contributed by atoms with E-state index in [9.17, 15) is 15.4 Å². The van der Waals surface area contributed by atoms with Crippen molar-refractivity contribution < 1.29 is 14.4 Å². The highest BCUT2D eigenvalue weighted by molar-refractivity contribution is 5.91. The molecule has 0 aliphatic carbocycles. The minimum atomic E-state index is -0.529. The van der Waals surface area contributed by atoms with E-state index in [1.165, 1.54) is 13.2 Å².